The van der Waals surface area contributed by atoms with E-state index in [9.17, 15) is 0 Å². The number of hydrogen-bond donors (Lipinski definition) is 2. The Morgan fingerprint density at radius 2 is 2.33 bits per heavy atom. The number of H-pyrrole nitrogens is 1. The molecule has 2 aromatic rings. The van der Waals surface area contributed by atoms with Crippen LogP contribution >= 0.6 is 0 Å². The van der Waals surface area contributed by atoms with Crippen molar-refractivity contribution in [3.05, 3.63) is 47.5 Å². The summed E-state index contributed by atoms with van der Waals surface area (Å²) in [6.45, 7) is 4.76. The van der Waals surface area contributed by atoms with Gasteiger partial charge in [-0.25, -0.2) is 0 Å². The Balaban J connectivity index is 1.57. The number of nitrogens with one attached hydrogen (secondary N) is 2. The zero-order chi connectivity index (χ0) is 14.5. The van der Waals surface area contributed by atoms with Gasteiger partial charge in [0.1, 0.15) is 6.10 Å². The summed E-state index contributed by atoms with van der Waals surface area (Å²) in [5.41, 5.74) is 3.62. The Labute approximate surface area is 125 Å². The van der Waals surface area contributed by atoms with Crippen LogP contribution in [0.4, 0.5) is 0 Å². The molecular weight excluding hydrogens is 264 g/mol. The van der Waals surface area contributed by atoms with E-state index in [0.717, 1.165) is 31.8 Å². The topological polar surface area (TPSA) is 62.8 Å². The molecule has 112 valence electrons. The van der Waals surface area contributed by atoms with Crippen molar-refractivity contribution in [2.24, 2.45) is 5.92 Å². The van der Waals surface area contributed by atoms with E-state index in [0.29, 0.717) is 5.92 Å². The maximum absolute atomic E-state index is 5.94. The van der Waals surface area contributed by atoms with Crippen LogP contribution in [0.5, 0.6) is 0 Å². The molecule has 21 heavy (non-hydrogen) atoms. The van der Waals surface area contributed by atoms with E-state index in [1.54, 1.807) is 6.20 Å². The van der Waals surface area contributed by atoms with Gasteiger partial charge in [-0.05, 0) is 43.0 Å². The summed E-state index contributed by atoms with van der Waals surface area (Å²) in [6, 6.07) is 4.09. The molecule has 1 saturated heterocycles. The molecule has 5 nitrogen and oxygen atoms in total. The van der Waals surface area contributed by atoms with Gasteiger partial charge in [-0.2, -0.15) is 5.10 Å². The summed E-state index contributed by atoms with van der Waals surface area (Å²) in [6.07, 6.45) is 8.00. The van der Waals surface area contributed by atoms with Crippen LogP contribution in [0.25, 0.3) is 0 Å². The minimum absolute atomic E-state index is 0.132. The van der Waals surface area contributed by atoms with Crippen LogP contribution in [-0.2, 0) is 11.3 Å². The third kappa shape index (κ3) is 3.49. The van der Waals surface area contributed by atoms with Crippen molar-refractivity contribution in [3.63, 3.8) is 0 Å². The number of rotatable bonds is 5. The molecule has 2 aromatic heterocycles. The maximum Gasteiger partial charge on any atom is 0.103 e. The molecule has 1 aliphatic rings. The zero-order valence-electron chi connectivity index (χ0n) is 12.4. The van der Waals surface area contributed by atoms with Crippen LogP contribution in [0.15, 0.2) is 30.7 Å². The van der Waals surface area contributed by atoms with Crippen LogP contribution in [0, 0.1) is 12.8 Å². The van der Waals surface area contributed by atoms with Crippen molar-refractivity contribution in [3.8, 4) is 0 Å². The summed E-state index contributed by atoms with van der Waals surface area (Å²) in [7, 11) is 0. The molecule has 0 bridgehead atoms. The second kappa shape index (κ2) is 6.83. The normalized spacial score (nSPS) is 22.3. The molecule has 0 aromatic carbocycles. The van der Waals surface area contributed by atoms with Gasteiger partial charge in [-0.3, -0.25) is 10.1 Å². The molecule has 5 heteroatoms. The smallest absolute Gasteiger partial charge is 0.103 e. The van der Waals surface area contributed by atoms with Crippen LogP contribution in [-0.4, -0.2) is 28.3 Å². The zero-order valence-corrected chi connectivity index (χ0v) is 12.4. The van der Waals surface area contributed by atoms with Gasteiger partial charge in [0.15, 0.2) is 0 Å². The first-order chi connectivity index (χ1) is 10.3. The molecule has 1 aliphatic heterocycles. The average molecular weight is 286 g/mol. The SMILES string of the molecule is Cc1cnccc1CNC[C@@H]1CCCO[C@H]1c1ccn[nH]1. The van der Waals surface area contributed by atoms with Gasteiger partial charge in [0.05, 0.1) is 5.69 Å². The Kier molecular flexibility index (Phi) is 4.62. The monoisotopic (exact) mass is 286 g/mol. The highest BCUT2D eigenvalue weighted by atomic mass is 16.5. The van der Waals surface area contributed by atoms with Crippen molar-refractivity contribution in [1.82, 2.24) is 20.5 Å². The first kappa shape index (κ1) is 14.2. The minimum atomic E-state index is 0.132. The predicted molar refractivity (Wildman–Crippen MR) is 80.7 cm³/mol. The Bertz CT molecular complexity index is 555. The Hall–Kier alpha value is -1.72. The highest BCUT2D eigenvalue weighted by Crippen LogP contribution is 2.32. The van der Waals surface area contributed by atoms with E-state index in [4.69, 9.17) is 4.74 Å². The number of nitrogens with zero attached hydrogens (tertiary/aromatic N) is 2. The number of aromatic amines is 1. The summed E-state index contributed by atoms with van der Waals surface area (Å²) >= 11 is 0. The second-order valence-electron chi connectivity index (χ2n) is 5.64. The number of hydrogen-bond acceptors (Lipinski definition) is 4. The van der Waals surface area contributed by atoms with Crippen LogP contribution in [0.2, 0.25) is 0 Å². The lowest BCUT2D eigenvalue weighted by Gasteiger charge is -2.31. The maximum atomic E-state index is 5.94. The Morgan fingerprint density at radius 3 is 3.14 bits per heavy atom. The first-order valence-electron chi connectivity index (χ1n) is 7.55. The van der Waals surface area contributed by atoms with E-state index in [2.05, 4.69) is 33.5 Å². The van der Waals surface area contributed by atoms with Crippen molar-refractivity contribution in [2.75, 3.05) is 13.2 Å². The van der Waals surface area contributed by atoms with E-state index < -0.39 is 0 Å². The molecule has 1 fully saturated rings. The number of aromatic nitrogens is 3. The summed E-state index contributed by atoms with van der Waals surface area (Å²) in [4.78, 5) is 4.13. The van der Waals surface area contributed by atoms with Gasteiger partial charge in [0.2, 0.25) is 0 Å². The van der Waals surface area contributed by atoms with Crippen LogP contribution in [0.1, 0.15) is 35.8 Å². The number of aryl methyl sites for hydroxylation is 1. The largest absolute Gasteiger partial charge is 0.372 e. The van der Waals surface area contributed by atoms with Gasteiger partial charge in [-0.1, -0.05) is 0 Å². The molecule has 0 aliphatic carbocycles. The Morgan fingerprint density at radius 1 is 1.38 bits per heavy atom. The van der Waals surface area contributed by atoms with Gasteiger partial charge in [0.25, 0.3) is 0 Å². The van der Waals surface area contributed by atoms with Gasteiger partial charge in [0, 0.05) is 44.2 Å². The van der Waals surface area contributed by atoms with Gasteiger partial charge >= 0.3 is 0 Å². The van der Waals surface area contributed by atoms with Gasteiger partial charge < -0.3 is 10.1 Å². The average Bonchev–Trinajstić information content (AvgIpc) is 3.04. The van der Waals surface area contributed by atoms with Crippen molar-refractivity contribution in [2.45, 2.75) is 32.4 Å². The minimum Gasteiger partial charge on any atom is -0.372 e. The third-order valence-electron chi connectivity index (χ3n) is 4.13. The van der Waals surface area contributed by atoms with Crippen LogP contribution < -0.4 is 5.32 Å². The summed E-state index contributed by atoms with van der Waals surface area (Å²) < 4.78 is 5.94. The van der Waals surface area contributed by atoms with Crippen molar-refractivity contribution in [1.29, 1.82) is 0 Å². The molecule has 0 spiro atoms. The first-order valence-corrected chi connectivity index (χ1v) is 7.55. The molecular formula is C16H22N4O. The molecule has 2 N–H and O–H groups in total. The molecule has 3 heterocycles. The lowest BCUT2D eigenvalue weighted by Crippen LogP contribution is -2.32. The second-order valence-corrected chi connectivity index (χ2v) is 5.64. The lowest BCUT2D eigenvalue weighted by atomic mass is 9.92. The van der Waals surface area contributed by atoms with E-state index in [-0.39, 0.29) is 6.10 Å². The van der Waals surface area contributed by atoms with E-state index >= 15 is 0 Å². The molecule has 0 radical (unpaired) electrons. The van der Waals surface area contributed by atoms with Gasteiger partial charge in [-0.15, -0.1) is 0 Å². The number of pyridine rings is 1. The van der Waals surface area contributed by atoms with E-state index in [1.807, 2.05) is 18.5 Å². The molecule has 2 atom stereocenters. The third-order valence-corrected chi connectivity index (χ3v) is 4.13. The quantitative estimate of drug-likeness (QED) is 0.886. The molecule has 0 saturated carbocycles. The fourth-order valence-corrected chi connectivity index (χ4v) is 2.91. The molecule has 3 rings (SSSR count). The molecule has 0 amide bonds. The molecule has 0 unspecified atom stereocenters. The predicted octanol–water partition coefficient (Wildman–Crippen LogP) is 2.37. The summed E-state index contributed by atoms with van der Waals surface area (Å²) in [5, 5.41) is 10.6. The van der Waals surface area contributed by atoms with Crippen molar-refractivity contribution >= 4 is 0 Å². The lowest BCUT2D eigenvalue weighted by molar-refractivity contribution is -0.0303. The number of ether oxygens (including phenoxy) is 1. The van der Waals surface area contributed by atoms with Crippen molar-refractivity contribution < 1.29 is 4.74 Å². The standard InChI is InChI=1S/C16H22N4O/c1-12-9-17-6-4-13(12)10-18-11-14-3-2-8-21-16(14)15-5-7-19-20-15/h4-7,9,14,16,18H,2-3,8,10-11H2,1H3,(H,19,20)/t14-,16+/m0/s1. The fourth-order valence-electron chi connectivity index (χ4n) is 2.91. The van der Waals surface area contributed by atoms with E-state index in [1.165, 1.54) is 17.5 Å². The fraction of sp³-hybridized carbons (Fsp3) is 0.500. The summed E-state index contributed by atoms with van der Waals surface area (Å²) in [5.74, 6) is 0.487. The highest BCUT2D eigenvalue weighted by molar-refractivity contribution is 5.21. The van der Waals surface area contributed by atoms with Crippen LogP contribution in [0.3, 0.4) is 0 Å². The highest BCUT2D eigenvalue weighted by Gasteiger charge is 2.28.